The van der Waals surface area contributed by atoms with Crippen molar-refractivity contribution in [2.45, 2.75) is 6.92 Å². The summed E-state index contributed by atoms with van der Waals surface area (Å²) in [6.07, 6.45) is 0. The molecule has 2 aromatic carbocycles. The van der Waals surface area contributed by atoms with Crippen molar-refractivity contribution in [2.24, 2.45) is 0 Å². The number of halogens is 2. The molecule has 0 atom stereocenters. The first-order valence-corrected chi connectivity index (χ1v) is 5.53. The van der Waals surface area contributed by atoms with Crippen LogP contribution < -0.4 is 11.1 Å². The van der Waals surface area contributed by atoms with Gasteiger partial charge < -0.3 is 11.1 Å². The third kappa shape index (κ3) is 2.50. The van der Waals surface area contributed by atoms with Crippen LogP contribution in [0.25, 0.3) is 0 Å². The van der Waals surface area contributed by atoms with Crippen LogP contribution >= 0.6 is 11.6 Å². The average Bonchev–Trinajstić information content (AvgIpc) is 2.30. The summed E-state index contributed by atoms with van der Waals surface area (Å²) in [5, 5.41) is 3.02. The smallest absolute Gasteiger partial charge is 0.165 e. The molecule has 0 bridgehead atoms. The van der Waals surface area contributed by atoms with Gasteiger partial charge in [0, 0.05) is 0 Å². The lowest BCUT2D eigenvalue weighted by atomic mass is 10.2. The summed E-state index contributed by atoms with van der Waals surface area (Å²) >= 11 is 5.70. The summed E-state index contributed by atoms with van der Waals surface area (Å²) in [5.74, 6) is -0.477. The molecule has 0 radical (unpaired) electrons. The number of nitrogens with one attached hydrogen (secondary N) is 1. The van der Waals surface area contributed by atoms with E-state index in [0.29, 0.717) is 17.1 Å². The van der Waals surface area contributed by atoms with Gasteiger partial charge in [-0.15, -0.1) is 0 Å². The number of hydrogen-bond acceptors (Lipinski definition) is 2. The summed E-state index contributed by atoms with van der Waals surface area (Å²) in [7, 11) is 0. The number of benzene rings is 2. The Balaban J connectivity index is 2.38. The third-order valence-corrected chi connectivity index (χ3v) is 2.72. The van der Waals surface area contributed by atoms with Gasteiger partial charge in [0.1, 0.15) is 0 Å². The van der Waals surface area contributed by atoms with Crippen LogP contribution in [0.2, 0.25) is 5.02 Å². The summed E-state index contributed by atoms with van der Waals surface area (Å²) in [5.41, 5.74) is 8.40. The van der Waals surface area contributed by atoms with Crippen LogP contribution in [0.5, 0.6) is 0 Å². The van der Waals surface area contributed by atoms with Crippen LogP contribution in [-0.2, 0) is 0 Å². The number of aryl methyl sites for hydroxylation is 1. The van der Waals surface area contributed by atoms with E-state index < -0.39 is 5.82 Å². The molecular weight excluding hydrogens is 239 g/mol. The van der Waals surface area contributed by atoms with Gasteiger partial charge in [-0.2, -0.15) is 0 Å². The molecule has 0 unspecified atom stereocenters. The summed E-state index contributed by atoms with van der Waals surface area (Å²) in [6, 6.07) is 10.3. The maximum Gasteiger partial charge on any atom is 0.165 e. The molecule has 2 rings (SSSR count). The quantitative estimate of drug-likeness (QED) is 0.787. The molecule has 88 valence electrons. The van der Waals surface area contributed by atoms with E-state index in [4.69, 9.17) is 17.3 Å². The lowest BCUT2D eigenvalue weighted by Gasteiger charge is -2.11. The summed E-state index contributed by atoms with van der Waals surface area (Å²) in [4.78, 5) is 0. The van der Waals surface area contributed by atoms with E-state index in [2.05, 4.69) is 5.32 Å². The number of anilines is 3. The van der Waals surface area contributed by atoms with Crippen LogP contribution in [0, 0.1) is 12.7 Å². The topological polar surface area (TPSA) is 38.0 Å². The minimum Gasteiger partial charge on any atom is -0.397 e. The highest BCUT2D eigenvalue weighted by Crippen LogP contribution is 2.28. The van der Waals surface area contributed by atoms with Gasteiger partial charge in [0.15, 0.2) is 5.82 Å². The molecule has 0 aliphatic carbocycles. The normalized spacial score (nSPS) is 10.3. The molecule has 0 aromatic heterocycles. The fourth-order valence-electron chi connectivity index (χ4n) is 1.52. The van der Waals surface area contributed by atoms with Crippen molar-refractivity contribution in [3.63, 3.8) is 0 Å². The van der Waals surface area contributed by atoms with E-state index in [1.54, 1.807) is 18.2 Å². The Morgan fingerprint density at radius 3 is 2.71 bits per heavy atom. The van der Waals surface area contributed by atoms with E-state index in [1.807, 2.05) is 19.1 Å². The van der Waals surface area contributed by atoms with Crippen molar-refractivity contribution in [1.29, 1.82) is 0 Å². The molecule has 2 nitrogen and oxygen atoms in total. The van der Waals surface area contributed by atoms with E-state index in [1.165, 1.54) is 6.07 Å². The Bertz CT molecular complexity index is 555. The van der Waals surface area contributed by atoms with Crippen LogP contribution in [0.1, 0.15) is 5.56 Å². The molecule has 4 heteroatoms. The van der Waals surface area contributed by atoms with Gasteiger partial charge in [0.05, 0.1) is 22.1 Å². The number of nitrogen functional groups attached to an aromatic ring is 1. The molecule has 0 aliphatic heterocycles. The van der Waals surface area contributed by atoms with Crippen LogP contribution in [0.4, 0.5) is 21.5 Å². The van der Waals surface area contributed by atoms with Gasteiger partial charge in [-0.1, -0.05) is 23.7 Å². The van der Waals surface area contributed by atoms with Crippen molar-refractivity contribution < 1.29 is 4.39 Å². The molecule has 0 spiro atoms. The minimum absolute atomic E-state index is 0.0845. The largest absolute Gasteiger partial charge is 0.397 e. The number of rotatable bonds is 2. The van der Waals surface area contributed by atoms with Crippen molar-refractivity contribution in [3.05, 3.63) is 52.8 Å². The number of nitrogens with two attached hydrogens (primary N) is 1. The molecule has 17 heavy (non-hydrogen) atoms. The molecule has 0 saturated carbocycles. The number of hydrogen-bond donors (Lipinski definition) is 2. The van der Waals surface area contributed by atoms with E-state index >= 15 is 0 Å². The zero-order chi connectivity index (χ0) is 12.4. The van der Waals surface area contributed by atoms with Gasteiger partial charge in [0.2, 0.25) is 0 Å². The van der Waals surface area contributed by atoms with Gasteiger partial charge in [0.25, 0.3) is 0 Å². The predicted molar refractivity (Wildman–Crippen MR) is 70.3 cm³/mol. The third-order valence-electron chi connectivity index (χ3n) is 2.43. The average molecular weight is 251 g/mol. The van der Waals surface area contributed by atoms with Gasteiger partial charge in [-0.3, -0.25) is 0 Å². The SMILES string of the molecule is Cc1ccc(N)c(Nc2cccc(Cl)c2F)c1. The van der Waals surface area contributed by atoms with Crippen molar-refractivity contribution in [3.8, 4) is 0 Å². The zero-order valence-electron chi connectivity index (χ0n) is 9.30. The van der Waals surface area contributed by atoms with E-state index in [-0.39, 0.29) is 5.02 Å². The molecule has 0 fully saturated rings. The maximum atomic E-state index is 13.7. The van der Waals surface area contributed by atoms with E-state index in [0.717, 1.165) is 5.56 Å². The Kier molecular flexibility index (Phi) is 3.20. The standard InChI is InChI=1S/C13H12ClFN2/c1-8-5-6-10(16)12(7-8)17-11-4-2-3-9(14)13(11)15/h2-7,17H,16H2,1H3. The predicted octanol–water partition coefficient (Wildman–Crippen LogP) is 4.11. The Morgan fingerprint density at radius 2 is 1.94 bits per heavy atom. The van der Waals surface area contributed by atoms with Gasteiger partial charge >= 0.3 is 0 Å². The molecule has 0 saturated heterocycles. The van der Waals surface area contributed by atoms with Crippen LogP contribution in [0.3, 0.4) is 0 Å². The first kappa shape index (κ1) is 11.7. The van der Waals surface area contributed by atoms with Crippen molar-refractivity contribution >= 4 is 28.7 Å². The van der Waals surface area contributed by atoms with E-state index in [9.17, 15) is 4.39 Å². The fraction of sp³-hybridized carbons (Fsp3) is 0.0769. The Labute approximate surface area is 104 Å². The second kappa shape index (κ2) is 4.63. The first-order valence-electron chi connectivity index (χ1n) is 5.15. The molecule has 0 heterocycles. The second-order valence-corrected chi connectivity index (χ2v) is 4.22. The lowest BCUT2D eigenvalue weighted by Crippen LogP contribution is -1.98. The highest BCUT2D eigenvalue weighted by Gasteiger charge is 2.07. The summed E-state index contributed by atoms with van der Waals surface area (Å²) < 4.78 is 13.7. The van der Waals surface area contributed by atoms with Crippen molar-refractivity contribution in [2.75, 3.05) is 11.1 Å². The highest BCUT2D eigenvalue weighted by molar-refractivity contribution is 6.31. The van der Waals surface area contributed by atoms with Gasteiger partial charge in [-0.25, -0.2) is 4.39 Å². The maximum absolute atomic E-state index is 13.7. The lowest BCUT2D eigenvalue weighted by molar-refractivity contribution is 0.632. The molecule has 0 amide bonds. The second-order valence-electron chi connectivity index (χ2n) is 3.82. The Hall–Kier alpha value is -1.74. The molecule has 3 N–H and O–H groups in total. The highest BCUT2D eigenvalue weighted by atomic mass is 35.5. The van der Waals surface area contributed by atoms with Gasteiger partial charge in [-0.05, 0) is 36.8 Å². The fourth-order valence-corrected chi connectivity index (χ4v) is 1.70. The molecule has 0 aliphatic rings. The van der Waals surface area contributed by atoms with Crippen LogP contribution in [0.15, 0.2) is 36.4 Å². The zero-order valence-corrected chi connectivity index (χ0v) is 10.1. The Morgan fingerprint density at radius 1 is 1.18 bits per heavy atom. The summed E-state index contributed by atoms with van der Waals surface area (Å²) in [6.45, 7) is 1.94. The minimum atomic E-state index is -0.477. The first-order chi connectivity index (χ1) is 8.08. The van der Waals surface area contributed by atoms with Crippen LogP contribution in [-0.4, -0.2) is 0 Å². The molecule has 2 aromatic rings. The van der Waals surface area contributed by atoms with Crippen molar-refractivity contribution in [1.82, 2.24) is 0 Å². The molecular formula is C13H12ClFN2. The monoisotopic (exact) mass is 250 g/mol.